The number of amides is 1. The van der Waals surface area contributed by atoms with Crippen LogP contribution in [-0.4, -0.2) is 93.1 Å². The first-order chi connectivity index (χ1) is 14.3. The van der Waals surface area contributed by atoms with E-state index in [2.05, 4.69) is 17.1 Å². The van der Waals surface area contributed by atoms with Crippen LogP contribution in [0.1, 0.15) is 53.4 Å². The number of nitrogens with zero attached hydrogens (tertiary/aromatic N) is 3. The molecule has 174 valence electrons. The van der Waals surface area contributed by atoms with Crippen molar-refractivity contribution in [3.63, 3.8) is 0 Å². The van der Waals surface area contributed by atoms with Gasteiger partial charge in [0.05, 0.1) is 26.4 Å². The fraction of sp³-hybridized carbons (Fsp3) is 0.909. The van der Waals surface area contributed by atoms with E-state index in [9.17, 15) is 4.79 Å². The predicted octanol–water partition coefficient (Wildman–Crippen LogP) is 2.73. The van der Waals surface area contributed by atoms with E-state index in [4.69, 9.17) is 19.2 Å². The van der Waals surface area contributed by atoms with Gasteiger partial charge < -0.3 is 29.3 Å². The zero-order valence-corrected chi connectivity index (χ0v) is 19.6. The highest BCUT2D eigenvalue weighted by molar-refractivity contribution is 5.80. The number of hydrogen-bond acceptors (Lipinski definition) is 5. The van der Waals surface area contributed by atoms with Crippen molar-refractivity contribution in [2.24, 2.45) is 10.9 Å². The molecule has 0 aromatic rings. The van der Waals surface area contributed by atoms with Crippen LogP contribution < -0.4 is 5.32 Å². The van der Waals surface area contributed by atoms with Gasteiger partial charge in [-0.1, -0.05) is 0 Å². The third kappa shape index (κ3) is 9.08. The minimum atomic E-state index is -0.463. The molecule has 1 aliphatic heterocycles. The summed E-state index contributed by atoms with van der Waals surface area (Å²) in [6.07, 6.45) is 4.15. The van der Waals surface area contributed by atoms with Crippen molar-refractivity contribution in [1.82, 2.24) is 15.1 Å². The van der Waals surface area contributed by atoms with Gasteiger partial charge in [-0.15, -0.1) is 0 Å². The van der Waals surface area contributed by atoms with Crippen molar-refractivity contribution in [3.8, 4) is 0 Å². The van der Waals surface area contributed by atoms with Crippen LogP contribution in [0.4, 0.5) is 4.79 Å². The zero-order chi connectivity index (χ0) is 22.0. The number of rotatable bonds is 10. The Morgan fingerprint density at radius 2 is 1.83 bits per heavy atom. The number of methoxy groups -OCH3 is 1. The fourth-order valence-corrected chi connectivity index (χ4v) is 3.55. The highest BCUT2D eigenvalue weighted by atomic mass is 16.6. The molecule has 2 aliphatic rings. The first-order valence-electron chi connectivity index (χ1n) is 11.4. The number of likely N-dealkylation sites (tertiary alicyclic amines) is 1. The van der Waals surface area contributed by atoms with Gasteiger partial charge in [-0.3, -0.25) is 4.99 Å². The number of hydrogen-bond donors (Lipinski definition) is 1. The van der Waals surface area contributed by atoms with Crippen LogP contribution in [0, 0.1) is 5.92 Å². The summed E-state index contributed by atoms with van der Waals surface area (Å²) in [6, 6.07) is 0.233. The molecule has 0 bridgehead atoms. The second kappa shape index (κ2) is 12.3. The smallest absolute Gasteiger partial charge is 0.410 e. The third-order valence-electron chi connectivity index (χ3n) is 5.25. The predicted molar refractivity (Wildman–Crippen MR) is 119 cm³/mol. The second-order valence-electron chi connectivity index (χ2n) is 9.14. The van der Waals surface area contributed by atoms with E-state index in [0.29, 0.717) is 32.3 Å². The van der Waals surface area contributed by atoms with E-state index in [0.717, 1.165) is 45.0 Å². The molecule has 1 N–H and O–H groups in total. The Bertz CT molecular complexity index is 538. The molecule has 30 heavy (non-hydrogen) atoms. The maximum Gasteiger partial charge on any atom is 0.410 e. The Hall–Kier alpha value is -1.54. The van der Waals surface area contributed by atoms with Gasteiger partial charge in [0.15, 0.2) is 5.96 Å². The standard InChI is InChI=1S/C22H42N4O4/c1-6-23-20(24-11-14-29-16-15-28-5)25-12-9-19(10-13-25)26(17-18-7-8-18)21(27)30-22(2,3)4/h18-19H,6-17H2,1-5H3,(H,23,24). The monoisotopic (exact) mass is 426 g/mol. The maximum atomic E-state index is 12.8. The van der Waals surface area contributed by atoms with Crippen LogP contribution in [0.5, 0.6) is 0 Å². The van der Waals surface area contributed by atoms with Crippen LogP contribution in [-0.2, 0) is 14.2 Å². The molecule has 0 atom stereocenters. The van der Waals surface area contributed by atoms with E-state index in [1.54, 1.807) is 7.11 Å². The van der Waals surface area contributed by atoms with Crippen molar-refractivity contribution in [1.29, 1.82) is 0 Å². The van der Waals surface area contributed by atoms with E-state index in [-0.39, 0.29) is 12.1 Å². The summed E-state index contributed by atoms with van der Waals surface area (Å²) in [5.74, 6) is 1.57. The van der Waals surface area contributed by atoms with Crippen LogP contribution >= 0.6 is 0 Å². The highest BCUT2D eigenvalue weighted by Gasteiger charge is 2.35. The number of guanidine groups is 1. The van der Waals surface area contributed by atoms with Crippen LogP contribution in [0.2, 0.25) is 0 Å². The number of carbonyl (C=O) groups excluding carboxylic acids is 1. The van der Waals surface area contributed by atoms with Crippen LogP contribution in [0.3, 0.4) is 0 Å². The molecule has 1 saturated carbocycles. The summed E-state index contributed by atoms with van der Waals surface area (Å²) >= 11 is 0. The van der Waals surface area contributed by atoms with Crippen molar-refractivity contribution in [2.45, 2.75) is 65.0 Å². The van der Waals surface area contributed by atoms with Gasteiger partial charge >= 0.3 is 6.09 Å². The molecule has 8 heteroatoms. The quantitative estimate of drug-likeness (QED) is 0.329. The lowest BCUT2D eigenvalue weighted by molar-refractivity contribution is 0.00927. The molecule has 0 aromatic carbocycles. The Morgan fingerprint density at radius 3 is 2.40 bits per heavy atom. The first kappa shape index (κ1) is 24.7. The van der Waals surface area contributed by atoms with Crippen LogP contribution in [0.25, 0.3) is 0 Å². The minimum absolute atomic E-state index is 0.165. The van der Waals surface area contributed by atoms with Gasteiger partial charge in [0.25, 0.3) is 0 Å². The lowest BCUT2D eigenvalue weighted by Gasteiger charge is -2.40. The molecule has 2 rings (SSSR count). The molecule has 0 spiro atoms. The van der Waals surface area contributed by atoms with Gasteiger partial charge in [0.2, 0.25) is 0 Å². The van der Waals surface area contributed by atoms with Gasteiger partial charge in [-0.2, -0.15) is 0 Å². The SMILES string of the molecule is CCNC(=NCCOCCOC)N1CCC(N(CC2CC2)C(=O)OC(C)(C)C)CC1. The molecule has 1 saturated heterocycles. The van der Waals surface area contributed by atoms with Crippen molar-refractivity contribution in [3.05, 3.63) is 0 Å². The van der Waals surface area contributed by atoms with Gasteiger partial charge in [-0.05, 0) is 59.3 Å². The molecule has 2 fully saturated rings. The number of ether oxygens (including phenoxy) is 3. The van der Waals surface area contributed by atoms with E-state index in [1.165, 1.54) is 12.8 Å². The number of nitrogens with one attached hydrogen (secondary N) is 1. The maximum absolute atomic E-state index is 12.8. The molecule has 0 aromatic heterocycles. The van der Waals surface area contributed by atoms with E-state index >= 15 is 0 Å². The Morgan fingerprint density at radius 1 is 1.13 bits per heavy atom. The normalized spacial score (nSPS) is 18.4. The zero-order valence-electron chi connectivity index (χ0n) is 19.6. The van der Waals surface area contributed by atoms with Crippen molar-refractivity contribution < 1.29 is 19.0 Å². The minimum Gasteiger partial charge on any atom is -0.444 e. The third-order valence-corrected chi connectivity index (χ3v) is 5.25. The molecule has 0 radical (unpaired) electrons. The van der Waals surface area contributed by atoms with Gasteiger partial charge in [0.1, 0.15) is 5.60 Å². The topological polar surface area (TPSA) is 75.6 Å². The molecule has 1 aliphatic carbocycles. The summed E-state index contributed by atoms with van der Waals surface area (Å²) < 4.78 is 16.2. The lowest BCUT2D eigenvalue weighted by atomic mass is 10.0. The second-order valence-corrected chi connectivity index (χ2v) is 9.14. The van der Waals surface area contributed by atoms with Crippen molar-refractivity contribution >= 4 is 12.1 Å². The summed E-state index contributed by atoms with van der Waals surface area (Å²) in [5, 5.41) is 3.38. The summed E-state index contributed by atoms with van der Waals surface area (Å²) in [6.45, 7) is 13.7. The van der Waals surface area contributed by atoms with Crippen LogP contribution in [0.15, 0.2) is 4.99 Å². The van der Waals surface area contributed by atoms with Crippen molar-refractivity contribution in [2.75, 3.05) is 59.7 Å². The lowest BCUT2D eigenvalue weighted by Crippen LogP contribution is -2.52. The molecule has 8 nitrogen and oxygen atoms in total. The van der Waals surface area contributed by atoms with E-state index < -0.39 is 5.60 Å². The average Bonchev–Trinajstić information content (AvgIpc) is 3.51. The summed E-state index contributed by atoms with van der Waals surface area (Å²) in [5.41, 5.74) is -0.463. The van der Waals surface area contributed by atoms with Gasteiger partial charge in [0, 0.05) is 39.3 Å². The molecule has 0 unspecified atom stereocenters. The fourth-order valence-electron chi connectivity index (χ4n) is 3.55. The average molecular weight is 427 g/mol. The first-order valence-corrected chi connectivity index (χ1v) is 11.4. The number of aliphatic imine (C=N–C) groups is 1. The molecule has 1 amide bonds. The number of piperidine rings is 1. The Labute approximate surface area is 182 Å². The highest BCUT2D eigenvalue weighted by Crippen LogP contribution is 2.32. The molecular weight excluding hydrogens is 384 g/mol. The van der Waals surface area contributed by atoms with Gasteiger partial charge in [-0.25, -0.2) is 4.79 Å². The Kier molecular flexibility index (Phi) is 10.2. The molecule has 1 heterocycles. The largest absolute Gasteiger partial charge is 0.444 e. The Balaban J connectivity index is 1.87. The van der Waals surface area contributed by atoms with E-state index in [1.807, 2.05) is 25.7 Å². The summed E-state index contributed by atoms with van der Waals surface area (Å²) in [4.78, 5) is 21.8. The number of carbonyl (C=O) groups is 1. The molecular formula is C22H42N4O4. The summed E-state index contributed by atoms with van der Waals surface area (Å²) in [7, 11) is 1.67.